The van der Waals surface area contributed by atoms with Gasteiger partial charge in [-0.05, 0) is 76.0 Å². The van der Waals surface area contributed by atoms with Gasteiger partial charge in [-0.2, -0.15) is 0 Å². The molecule has 0 N–H and O–H groups in total. The van der Waals surface area contributed by atoms with Crippen LogP contribution in [-0.4, -0.2) is 55.5 Å². The molecule has 1 aliphatic rings. The molecule has 0 radical (unpaired) electrons. The van der Waals surface area contributed by atoms with E-state index in [2.05, 4.69) is 37.1 Å². The Morgan fingerprint density at radius 1 is 1.23 bits per heavy atom. The number of hydrogen-bond donors (Lipinski definition) is 0. The number of carbonyl (C=O) groups is 1. The van der Waals surface area contributed by atoms with Crippen molar-refractivity contribution in [3.8, 4) is 5.75 Å². The van der Waals surface area contributed by atoms with Crippen molar-refractivity contribution >= 4 is 12.0 Å². The fraction of sp³-hybridized carbons (Fsp3) is 0.423. The Labute approximate surface area is 181 Å². The second-order valence-electron chi connectivity index (χ2n) is 8.38. The highest BCUT2D eigenvalue weighted by atomic mass is 16.5. The summed E-state index contributed by atoms with van der Waals surface area (Å²) >= 11 is 0. The molecule has 1 saturated heterocycles. The minimum atomic E-state index is 0.0854. The van der Waals surface area contributed by atoms with Crippen LogP contribution in [0.2, 0.25) is 0 Å². The molecule has 1 amide bonds. The lowest BCUT2D eigenvalue weighted by molar-refractivity contribution is 0.0757. The number of likely N-dealkylation sites (tertiary alicyclic amines) is 1. The third-order valence-corrected chi connectivity index (χ3v) is 5.99. The predicted octanol–water partition coefficient (Wildman–Crippen LogP) is 5.03. The summed E-state index contributed by atoms with van der Waals surface area (Å²) < 4.78 is 5.36. The maximum atomic E-state index is 13.4. The first kappa shape index (κ1) is 22.1. The zero-order valence-corrected chi connectivity index (χ0v) is 18.7. The van der Waals surface area contributed by atoms with Gasteiger partial charge in [-0.15, -0.1) is 0 Å². The summed E-state index contributed by atoms with van der Waals surface area (Å²) in [6.07, 6.45) is 5.65. The molecule has 0 aliphatic carbocycles. The largest absolute Gasteiger partial charge is 0.496 e. The smallest absolute Gasteiger partial charge is 0.254 e. The molecular weight excluding hydrogens is 372 g/mol. The van der Waals surface area contributed by atoms with E-state index in [1.54, 1.807) is 7.11 Å². The summed E-state index contributed by atoms with van der Waals surface area (Å²) in [5.74, 6) is 0.896. The monoisotopic (exact) mass is 406 g/mol. The summed E-state index contributed by atoms with van der Waals surface area (Å²) in [6, 6.07) is 16.6. The molecule has 0 bridgehead atoms. The Morgan fingerprint density at radius 3 is 2.63 bits per heavy atom. The van der Waals surface area contributed by atoms with E-state index in [1.165, 1.54) is 24.0 Å². The lowest BCUT2D eigenvalue weighted by Gasteiger charge is -2.27. The summed E-state index contributed by atoms with van der Waals surface area (Å²) in [4.78, 5) is 17.8. The number of amides is 1. The molecule has 1 heterocycles. The van der Waals surface area contributed by atoms with Crippen molar-refractivity contribution < 1.29 is 9.53 Å². The van der Waals surface area contributed by atoms with Gasteiger partial charge in [0.05, 0.1) is 7.11 Å². The minimum absolute atomic E-state index is 0.0854. The Kier molecular flexibility index (Phi) is 7.69. The van der Waals surface area contributed by atoms with Gasteiger partial charge in [-0.25, -0.2) is 0 Å². The van der Waals surface area contributed by atoms with Gasteiger partial charge in [0, 0.05) is 24.7 Å². The van der Waals surface area contributed by atoms with Gasteiger partial charge in [-0.1, -0.05) is 42.0 Å². The SMILES string of the molecule is COc1ccc(C(=O)N(CCC2CCCN2C)C/C(C)=C/c2ccccc2)cc1C. The van der Waals surface area contributed by atoms with Gasteiger partial charge in [-0.3, -0.25) is 4.79 Å². The van der Waals surface area contributed by atoms with Crippen molar-refractivity contribution in [2.24, 2.45) is 0 Å². The van der Waals surface area contributed by atoms with E-state index in [4.69, 9.17) is 4.74 Å². The van der Waals surface area contributed by atoms with Gasteiger partial charge in [0.25, 0.3) is 5.91 Å². The third-order valence-electron chi connectivity index (χ3n) is 5.99. The average molecular weight is 407 g/mol. The fourth-order valence-electron chi connectivity index (χ4n) is 4.28. The fourth-order valence-corrected chi connectivity index (χ4v) is 4.28. The summed E-state index contributed by atoms with van der Waals surface area (Å²) in [5.41, 5.74) is 4.05. The molecule has 0 saturated carbocycles. The molecule has 0 spiro atoms. The van der Waals surface area contributed by atoms with E-state index < -0.39 is 0 Å². The highest BCUT2D eigenvalue weighted by Crippen LogP contribution is 2.22. The van der Waals surface area contributed by atoms with Gasteiger partial charge >= 0.3 is 0 Å². The zero-order chi connectivity index (χ0) is 21.5. The van der Waals surface area contributed by atoms with Crippen LogP contribution in [0.1, 0.15) is 47.7 Å². The molecule has 2 aromatic carbocycles. The van der Waals surface area contributed by atoms with Gasteiger partial charge < -0.3 is 14.5 Å². The zero-order valence-electron chi connectivity index (χ0n) is 18.7. The number of methoxy groups -OCH3 is 1. The normalized spacial score (nSPS) is 17.2. The highest BCUT2D eigenvalue weighted by molar-refractivity contribution is 5.94. The molecule has 4 heteroatoms. The minimum Gasteiger partial charge on any atom is -0.496 e. The van der Waals surface area contributed by atoms with Gasteiger partial charge in [0.1, 0.15) is 5.75 Å². The second-order valence-corrected chi connectivity index (χ2v) is 8.38. The first-order valence-corrected chi connectivity index (χ1v) is 10.8. The van der Waals surface area contributed by atoms with Crippen LogP contribution in [0.15, 0.2) is 54.1 Å². The van der Waals surface area contributed by atoms with E-state index >= 15 is 0 Å². The Morgan fingerprint density at radius 2 is 2.00 bits per heavy atom. The van der Waals surface area contributed by atoms with Crippen LogP contribution in [0.4, 0.5) is 0 Å². The number of benzene rings is 2. The molecule has 1 unspecified atom stereocenters. The van der Waals surface area contributed by atoms with Crippen LogP contribution in [0, 0.1) is 6.92 Å². The lowest BCUT2D eigenvalue weighted by atomic mass is 10.1. The maximum absolute atomic E-state index is 13.4. The second kappa shape index (κ2) is 10.4. The Hall–Kier alpha value is -2.59. The van der Waals surface area contributed by atoms with Crippen LogP contribution >= 0.6 is 0 Å². The number of carbonyl (C=O) groups excluding carboxylic acids is 1. The summed E-state index contributed by atoms with van der Waals surface area (Å²) in [7, 11) is 3.85. The van der Waals surface area contributed by atoms with Crippen LogP contribution in [-0.2, 0) is 0 Å². The average Bonchev–Trinajstić information content (AvgIpc) is 3.16. The highest BCUT2D eigenvalue weighted by Gasteiger charge is 2.23. The molecule has 0 aromatic heterocycles. The van der Waals surface area contributed by atoms with Crippen molar-refractivity contribution in [2.75, 3.05) is 33.8 Å². The maximum Gasteiger partial charge on any atom is 0.254 e. The Balaban J connectivity index is 1.78. The molecule has 1 aliphatic heterocycles. The predicted molar refractivity (Wildman–Crippen MR) is 124 cm³/mol. The van der Waals surface area contributed by atoms with E-state index in [0.717, 1.165) is 36.4 Å². The first-order valence-electron chi connectivity index (χ1n) is 10.8. The molecular formula is C26H34N2O2. The summed E-state index contributed by atoms with van der Waals surface area (Å²) in [5, 5.41) is 0. The summed E-state index contributed by atoms with van der Waals surface area (Å²) in [6.45, 7) is 6.64. The van der Waals surface area contributed by atoms with Crippen LogP contribution in [0.3, 0.4) is 0 Å². The molecule has 2 aromatic rings. The van der Waals surface area contributed by atoms with Gasteiger partial charge in [0.2, 0.25) is 0 Å². The van der Waals surface area contributed by atoms with Crippen molar-refractivity contribution in [2.45, 2.75) is 39.2 Å². The number of hydrogen-bond acceptors (Lipinski definition) is 3. The number of aryl methyl sites for hydroxylation is 1. The van der Waals surface area contributed by atoms with Crippen molar-refractivity contribution in [1.82, 2.24) is 9.80 Å². The number of ether oxygens (including phenoxy) is 1. The van der Waals surface area contributed by atoms with Crippen molar-refractivity contribution in [1.29, 1.82) is 0 Å². The lowest BCUT2D eigenvalue weighted by Crippen LogP contribution is -2.37. The van der Waals surface area contributed by atoms with E-state index in [0.29, 0.717) is 12.6 Å². The molecule has 4 nitrogen and oxygen atoms in total. The van der Waals surface area contributed by atoms with Crippen molar-refractivity contribution in [3.63, 3.8) is 0 Å². The van der Waals surface area contributed by atoms with E-state index in [-0.39, 0.29) is 5.91 Å². The molecule has 3 rings (SSSR count). The van der Waals surface area contributed by atoms with Crippen molar-refractivity contribution in [3.05, 3.63) is 70.8 Å². The van der Waals surface area contributed by atoms with E-state index in [1.807, 2.05) is 48.2 Å². The van der Waals surface area contributed by atoms with Crippen LogP contribution < -0.4 is 4.74 Å². The quantitative estimate of drug-likeness (QED) is 0.616. The van der Waals surface area contributed by atoms with Crippen LogP contribution in [0.25, 0.3) is 6.08 Å². The number of nitrogens with zero attached hydrogens (tertiary/aromatic N) is 2. The standard InChI is InChI=1S/C26H34N2O2/c1-20(17-22-9-6-5-7-10-22)19-28(16-14-24-11-8-15-27(24)3)26(29)23-12-13-25(30-4)21(2)18-23/h5-7,9-10,12-13,17-18,24H,8,11,14-16,19H2,1-4H3/b20-17+. The molecule has 160 valence electrons. The van der Waals surface area contributed by atoms with Crippen LogP contribution in [0.5, 0.6) is 5.75 Å². The van der Waals surface area contributed by atoms with E-state index in [9.17, 15) is 4.79 Å². The van der Waals surface area contributed by atoms with Gasteiger partial charge in [0.15, 0.2) is 0 Å². The topological polar surface area (TPSA) is 32.8 Å². The molecule has 1 atom stereocenters. The first-order chi connectivity index (χ1) is 14.5. The molecule has 30 heavy (non-hydrogen) atoms. The molecule has 1 fully saturated rings. The third kappa shape index (κ3) is 5.73. The Bertz CT molecular complexity index is 876. The number of rotatable bonds is 8.